The van der Waals surface area contributed by atoms with Gasteiger partial charge in [-0.2, -0.15) is 0 Å². The molecular weight excluding hydrogens is 202 g/mol. The molecule has 0 amide bonds. The van der Waals surface area contributed by atoms with Crippen molar-refractivity contribution < 1.29 is 5.21 Å². The molecule has 1 aromatic carbocycles. The molecule has 0 aliphatic heterocycles. The molecule has 4 N–H and O–H groups in total. The second-order valence-electron chi connectivity index (χ2n) is 3.67. The number of nitrogens with one attached hydrogen (secondary N) is 1. The van der Waals surface area contributed by atoms with Crippen LogP contribution >= 0.6 is 0 Å². The molecule has 0 fully saturated rings. The third-order valence-corrected chi connectivity index (χ3v) is 2.51. The van der Waals surface area contributed by atoms with E-state index in [1.54, 1.807) is 0 Å². The Morgan fingerprint density at radius 2 is 2.12 bits per heavy atom. The molecule has 0 spiro atoms. The predicted molar refractivity (Wildman–Crippen MR) is 65.5 cm³/mol. The van der Waals surface area contributed by atoms with Gasteiger partial charge in [-0.05, 0) is 12.0 Å². The monoisotopic (exact) mass is 221 g/mol. The Morgan fingerprint density at radius 3 is 2.69 bits per heavy atom. The Balaban J connectivity index is 2.44. The fourth-order valence-electron chi connectivity index (χ4n) is 1.61. The number of hydrogen-bond donors (Lipinski definition) is 3. The van der Waals surface area contributed by atoms with E-state index in [0.717, 1.165) is 6.42 Å². The fraction of sp³-hybridized carbons (Fsp3) is 0.417. The van der Waals surface area contributed by atoms with E-state index < -0.39 is 0 Å². The molecule has 0 aromatic heterocycles. The summed E-state index contributed by atoms with van der Waals surface area (Å²) >= 11 is 0. The molecule has 0 aliphatic carbocycles. The van der Waals surface area contributed by atoms with Crippen LogP contribution in [0.4, 0.5) is 0 Å². The van der Waals surface area contributed by atoms with E-state index in [4.69, 9.17) is 10.9 Å². The van der Waals surface area contributed by atoms with Gasteiger partial charge in [-0.15, -0.1) is 0 Å². The quantitative estimate of drug-likeness (QED) is 0.297. The van der Waals surface area contributed by atoms with Gasteiger partial charge in [0.15, 0.2) is 0 Å². The Labute approximate surface area is 96.2 Å². The van der Waals surface area contributed by atoms with Gasteiger partial charge in [-0.25, -0.2) is 0 Å². The summed E-state index contributed by atoms with van der Waals surface area (Å²) in [6.45, 7) is 2.84. The molecule has 0 heterocycles. The van der Waals surface area contributed by atoms with Crippen LogP contribution in [0.15, 0.2) is 35.5 Å². The van der Waals surface area contributed by atoms with Crippen LogP contribution in [0.3, 0.4) is 0 Å². The summed E-state index contributed by atoms with van der Waals surface area (Å²) < 4.78 is 0. The molecule has 16 heavy (non-hydrogen) atoms. The molecule has 0 saturated carbocycles. The molecule has 0 bridgehead atoms. The van der Waals surface area contributed by atoms with Gasteiger partial charge in [0.1, 0.15) is 5.84 Å². The first kappa shape index (κ1) is 12.5. The molecular formula is C12H19N3O. The van der Waals surface area contributed by atoms with E-state index in [9.17, 15) is 0 Å². The molecule has 0 radical (unpaired) electrons. The van der Waals surface area contributed by atoms with E-state index in [-0.39, 0.29) is 5.84 Å². The minimum absolute atomic E-state index is 0.260. The van der Waals surface area contributed by atoms with E-state index >= 15 is 0 Å². The third-order valence-electron chi connectivity index (χ3n) is 2.51. The second kappa shape index (κ2) is 6.85. The molecule has 1 rings (SSSR count). The van der Waals surface area contributed by atoms with Crippen molar-refractivity contribution in [2.24, 2.45) is 10.9 Å². The van der Waals surface area contributed by atoms with Crippen LogP contribution in [0.5, 0.6) is 0 Å². The lowest BCUT2D eigenvalue weighted by atomic mass is 10.0. The van der Waals surface area contributed by atoms with Crippen LogP contribution in [0.2, 0.25) is 0 Å². The maximum absolute atomic E-state index is 8.41. The lowest BCUT2D eigenvalue weighted by molar-refractivity contribution is 0.316. The van der Waals surface area contributed by atoms with Gasteiger partial charge in [0.2, 0.25) is 0 Å². The highest BCUT2D eigenvalue weighted by Crippen LogP contribution is 2.15. The zero-order valence-corrected chi connectivity index (χ0v) is 9.56. The zero-order valence-electron chi connectivity index (χ0n) is 9.56. The summed E-state index contributed by atoms with van der Waals surface area (Å²) in [5, 5.41) is 14.7. The van der Waals surface area contributed by atoms with E-state index in [0.29, 0.717) is 19.0 Å². The highest BCUT2D eigenvalue weighted by atomic mass is 16.4. The highest BCUT2D eigenvalue weighted by Gasteiger charge is 2.07. The number of nitrogens with two attached hydrogens (primary N) is 1. The van der Waals surface area contributed by atoms with Crippen molar-refractivity contribution in [2.45, 2.75) is 25.8 Å². The highest BCUT2D eigenvalue weighted by molar-refractivity contribution is 5.79. The number of hydrogen-bond acceptors (Lipinski definition) is 3. The molecule has 4 heteroatoms. The minimum Gasteiger partial charge on any atom is -0.409 e. The van der Waals surface area contributed by atoms with E-state index in [1.807, 2.05) is 18.2 Å². The first-order valence-corrected chi connectivity index (χ1v) is 5.52. The van der Waals surface area contributed by atoms with Gasteiger partial charge < -0.3 is 16.3 Å². The van der Waals surface area contributed by atoms with Crippen LogP contribution < -0.4 is 11.1 Å². The summed E-state index contributed by atoms with van der Waals surface area (Å²) in [5.74, 6) is 0.260. The molecule has 1 atom stereocenters. The topological polar surface area (TPSA) is 70.6 Å². The SMILES string of the molecule is CCC(NCCC(N)=NO)c1ccccc1. The lowest BCUT2D eigenvalue weighted by Gasteiger charge is -2.17. The minimum atomic E-state index is 0.260. The zero-order chi connectivity index (χ0) is 11.8. The van der Waals surface area contributed by atoms with Crippen LogP contribution in [0.25, 0.3) is 0 Å². The summed E-state index contributed by atoms with van der Waals surface area (Å²) in [6, 6.07) is 10.6. The summed E-state index contributed by atoms with van der Waals surface area (Å²) in [4.78, 5) is 0. The van der Waals surface area contributed by atoms with Crippen LogP contribution in [-0.4, -0.2) is 17.6 Å². The summed E-state index contributed by atoms with van der Waals surface area (Å²) in [7, 11) is 0. The normalized spacial score (nSPS) is 13.7. The number of amidine groups is 1. The van der Waals surface area contributed by atoms with Crippen molar-refractivity contribution in [2.75, 3.05) is 6.54 Å². The summed E-state index contributed by atoms with van der Waals surface area (Å²) in [5.41, 5.74) is 6.67. The van der Waals surface area contributed by atoms with Gasteiger partial charge in [0, 0.05) is 19.0 Å². The summed E-state index contributed by atoms with van der Waals surface area (Å²) in [6.07, 6.45) is 1.57. The van der Waals surface area contributed by atoms with Gasteiger partial charge in [-0.3, -0.25) is 0 Å². The predicted octanol–water partition coefficient (Wildman–Crippen LogP) is 1.86. The van der Waals surface area contributed by atoms with Crippen molar-refractivity contribution in [1.82, 2.24) is 5.32 Å². The van der Waals surface area contributed by atoms with Crippen molar-refractivity contribution >= 4 is 5.84 Å². The average Bonchev–Trinajstić information content (AvgIpc) is 2.35. The third kappa shape index (κ3) is 3.90. The first-order chi connectivity index (χ1) is 7.77. The Kier molecular flexibility index (Phi) is 5.36. The standard InChI is InChI=1S/C12H19N3O/c1-2-11(10-6-4-3-5-7-10)14-9-8-12(13)15-16/h3-7,11,14,16H,2,8-9H2,1H3,(H2,13,15). The fourth-order valence-corrected chi connectivity index (χ4v) is 1.61. The molecule has 4 nitrogen and oxygen atoms in total. The smallest absolute Gasteiger partial charge is 0.140 e. The van der Waals surface area contributed by atoms with Crippen LogP contribution in [0.1, 0.15) is 31.4 Å². The van der Waals surface area contributed by atoms with E-state index in [1.165, 1.54) is 5.56 Å². The van der Waals surface area contributed by atoms with Gasteiger partial charge in [0.25, 0.3) is 0 Å². The Bertz CT molecular complexity index is 324. The van der Waals surface area contributed by atoms with Gasteiger partial charge >= 0.3 is 0 Å². The molecule has 0 aliphatic rings. The second-order valence-corrected chi connectivity index (χ2v) is 3.67. The van der Waals surface area contributed by atoms with Crippen molar-refractivity contribution in [1.29, 1.82) is 0 Å². The molecule has 1 unspecified atom stereocenters. The van der Waals surface area contributed by atoms with E-state index in [2.05, 4.69) is 29.5 Å². The first-order valence-electron chi connectivity index (χ1n) is 5.52. The average molecular weight is 221 g/mol. The number of rotatable bonds is 6. The Hall–Kier alpha value is -1.55. The van der Waals surface area contributed by atoms with Crippen LogP contribution in [-0.2, 0) is 0 Å². The van der Waals surface area contributed by atoms with Gasteiger partial charge in [-0.1, -0.05) is 42.4 Å². The van der Waals surface area contributed by atoms with Gasteiger partial charge in [0.05, 0.1) is 0 Å². The molecule has 1 aromatic rings. The molecule has 0 saturated heterocycles. The molecule has 88 valence electrons. The maximum atomic E-state index is 8.41. The number of benzene rings is 1. The number of oxime groups is 1. The number of nitrogens with zero attached hydrogens (tertiary/aromatic N) is 1. The maximum Gasteiger partial charge on any atom is 0.140 e. The Morgan fingerprint density at radius 1 is 1.44 bits per heavy atom. The largest absolute Gasteiger partial charge is 0.409 e. The lowest BCUT2D eigenvalue weighted by Crippen LogP contribution is -2.26. The van der Waals surface area contributed by atoms with Crippen molar-refractivity contribution in [3.8, 4) is 0 Å². The van der Waals surface area contributed by atoms with Crippen LogP contribution in [0, 0.1) is 0 Å². The van der Waals surface area contributed by atoms with Crippen molar-refractivity contribution in [3.05, 3.63) is 35.9 Å². The van der Waals surface area contributed by atoms with Crippen molar-refractivity contribution in [3.63, 3.8) is 0 Å².